The Morgan fingerprint density at radius 3 is 2.27 bits per heavy atom. The standard InChI is InChI=1S/C16H22Cl2N2O5S/c1-10(2)11(3)20-14(21)9-25-15(22)7-8-19-26(23,24)16-12(17)5-4-6-13(16)18/h4-6,10-11,19H,7-9H2,1-3H3,(H,20,21). The molecular formula is C16H22Cl2N2O5S. The van der Waals surface area contributed by atoms with Gasteiger partial charge in [0.25, 0.3) is 5.91 Å². The third-order valence-electron chi connectivity index (χ3n) is 3.56. The normalized spacial score (nSPS) is 12.7. The highest BCUT2D eigenvalue weighted by molar-refractivity contribution is 7.89. The number of carbonyl (C=O) groups excluding carboxylic acids is 2. The lowest BCUT2D eigenvalue weighted by molar-refractivity contribution is -0.148. The first-order valence-corrected chi connectivity index (χ1v) is 10.2. The fourth-order valence-electron chi connectivity index (χ4n) is 1.78. The molecule has 0 aromatic heterocycles. The lowest BCUT2D eigenvalue weighted by Crippen LogP contribution is -2.38. The SMILES string of the molecule is CC(C)C(C)NC(=O)COC(=O)CCNS(=O)(=O)c1c(Cl)cccc1Cl. The number of hydrogen-bond acceptors (Lipinski definition) is 5. The van der Waals surface area contributed by atoms with Gasteiger partial charge in [0.1, 0.15) is 4.90 Å². The molecule has 0 aliphatic heterocycles. The molecule has 0 saturated carbocycles. The number of carbonyl (C=O) groups is 2. The van der Waals surface area contributed by atoms with Gasteiger partial charge in [-0.1, -0.05) is 43.1 Å². The maximum Gasteiger partial charge on any atom is 0.307 e. The molecule has 2 N–H and O–H groups in total. The van der Waals surface area contributed by atoms with Crippen LogP contribution in [0.1, 0.15) is 27.2 Å². The molecule has 146 valence electrons. The fraction of sp³-hybridized carbons (Fsp3) is 0.500. The molecule has 0 aliphatic carbocycles. The summed E-state index contributed by atoms with van der Waals surface area (Å²) >= 11 is 11.7. The number of rotatable bonds is 9. The first-order chi connectivity index (χ1) is 12.0. The second kappa shape index (κ2) is 10.1. The zero-order valence-corrected chi connectivity index (χ0v) is 17.0. The predicted octanol–water partition coefficient (Wildman–Crippen LogP) is 2.37. The molecule has 1 amide bonds. The first-order valence-electron chi connectivity index (χ1n) is 7.93. The van der Waals surface area contributed by atoms with Crippen molar-refractivity contribution >= 4 is 45.1 Å². The molecule has 0 saturated heterocycles. The Hall–Kier alpha value is -1.35. The number of nitrogens with one attached hydrogen (secondary N) is 2. The Morgan fingerprint density at radius 2 is 1.73 bits per heavy atom. The predicted molar refractivity (Wildman–Crippen MR) is 99.7 cm³/mol. The van der Waals surface area contributed by atoms with Crippen LogP contribution in [0.3, 0.4) is 0 Å². The molecule has 1 atom stereocenters. The smallest absolute Gasteiger partial charge is 0.307 e. The van der Waals surface area contributed by atoms with Crippen molar-refractivity contribution < 1.29 is 22.7 Å². The molecule has 1 unspecified atom stereocenters. The van der Waals surface area contributed by atoms with Crippen LogP contribution in [0, 0.1) is 5.92 Å². The van der Waals surface area contributed by atoms with Crippen LogP contribution in [0.25, 0.3) is 0 Å². The van der Waals surface area contributed by atoms with Crippen molar-refractivity contribution in [1.29, 1.82) is 0 Å². The zero-order valence-electron chi connectivity index (χ0n) is 14.7. The summed E-state index contributed by atoms with van der Waals surface area (Å²) in [5.41, 5.74) is 0. The van der Waals surface area contributed by atoms with Crippen LogP contribution in [0.5, 0.6) is 0 Å². The van der Waals surface area contributed by atoms with Crippen LogP contribution in [-0.4, -0.2) is 39.5 Å². The van der Waals surface area contributed by atoms with Crippen LogP contribution < -0.4 is 10.0 Å². The van der Waals surface area contributed by atoms with E-state index in [-0.39, 0.29) is 39.9 Å². The molecule has 0 bridgehead atoms. The maximum absolute atomic E-state index is 12.2. The van der Waals surface area contributed by atoms with E-state index in [9.17, 15) is 18.0 Å². The second-order valence-electron chi connectivity index (χ2n) is 5.96. The highest BCUT2D eigenvalue weighted by Crippen LogP contribution is 2.28. The number of esters is 1. The number of benzene rings is 1. The molecule has 1 aromatic carbocycles. The molecule has 0 radical (unpaired) electrons. The van der Waals surface area contributed by atoms with E-state index >= 15 is 0 Å². The van der Waals surface area contributed by atoms with E-state index < -0.39 is 28.5 Å². The molecule has 0 fully saturated rings. The van der Waals surface area contributed by atoms with Gasteiger partial charge in [-0.05, 0) is 25.0 Å². The van der Waals surface area contributed by atoms with Crippen LogP contribution >= 0.6 is 23.2 Å². The average Bonchev–Trinajstić information content (AvgIpc) is 2.52. The number of amides is 1. The van der Waals surface area contributed by atoms with Crippen molar-refractivity contribution in [3.8, 4) is 0 Å². The van der Waals surface area contributed by atoms with Crippen molar-refractivity contribution in [2.75, 3.05) is 13.2 Å². The van der Waals surface area contributed by atoms with E-state index in [1.54, 1.807) is 0 Å². The molecular weight excluding hydrogens is 403 g/mol. The number of ether oxygens (including phenoxy) is 1. The minimum Gasteiger partial charge on any atom is -0.456 e. The van der Waals surface area contributed by atoms with E-state index in [1.807, 2.05) is 20.8 Å². The van der Waals surface area contributed by atoms with Crippen LogP contribution in [-0.2, 0) is 24.3 Å². The molecule has 26 heavy (non-hydrogen) atoms. The van der Waals surface area contributed by atoms with Crippen molar-refractivity contribution in [3.63, 3.8) is 0 Å². The molecule has 1 rings (SSSR count). The fourth-order valence-corrected chi connectivity index (χ4v) is 3.95. The Morgan fingerprint density at radius 1 is 1.15 bits per heavy atom. The lowest BCUT2D eigenvalue weighted by Gasteiger charge is -2.17. The van der Waals surface area contributed by atoms with Gasteiger partial charge >= 0.3 is 5.97 Å². The van der Waals surface area contributed by atoms with Crippen molar-refractivity contribution in [2.24, 2.45) is 5.92 Å². The minimum absolute atomic E-state index is 0.0245. The molecule has 0 heterocycles. The minimum atomic E-state index is -3.97. The second-order valence-corrected chi connectivity index (χ2v) is 8.48. The van der Waals surface area contributed by atoms with Gasteiger partial charge in [0.05, 0.1) is 16.5 Å². The van der Waals surface area contributed by atoms with Gasteiger partial charge in [0.15, 0.2) is 6.61 Å². The average molecular weight is 425 g/mol. The zero-order chi connectivity index (χ0) is 19.9. The number of hydrogen-bond donors (Lipinski definition) is 2. The largest absolute Gasteiger partial charge is 0.456 e. The number of halogens is 2. The van der Waals surface area contributed by atoms with Crippen molar-refractivity contribution in [3.05, 3.63) is 28.2 Å². The number of sulfonamides is 1. The van der Waals surface area contributed by atoms with Gasteiger partial charge in [0, 0.05) is 12.6 Å². The van der Waals surface area contributed by atoms with Crippen molar-refractivity contribution in [1.82, 2.24) is 10.0 Å². The third kappa shape index (κ3) is 7.11. The van der Waals surface area contributed by atoms with E-state index in [4.69, 9.17) is 27.9 Å². The first kappa shape index (κ1) is 22.7. The van der Waals surface area contributed by atoms with Gasteiger partial charge in [-0.3, -0.25) is 9.59 Å². The molecule has 1 aromatic rings. The maximum atomic E-state index is 12.2. The monoisotopic (exact) mass is 424 g/mol. The Kier molecular flexibility index (Phi) is 8.82. The molecule has 10 heteroatoms. The Bertz CT molecular complexity index is 733. The summed E-state index contributed by atoms with van der Waals surface area (Å²) < 4.78 is 31.5. The topological polar surface area (TPSA) is 102 Å². The Labute approximate surface area is 163 Å². The molecule has 0 spiro atoms. The van der Waals surface area contributed by atoms with Crippen LogP contribution in [0.15, 0.2) is 23.1 Å². The van der Waals surface area contributed by atoms with Crippen LogP contribution in [0.4, 0.5) is 0 Å². The summed E-state index contributed by atoms with van der Waals surface area (Å²) in [6, 6.07) is 4.26. The van der Waals surface area contributed by atoms with Gasteiger partial charge in [-0.2, -0.15) is 0 Å². The van der Waals surface area contributed by atoms with E-state index in [2.05, 4.69) is 10.0 Å². The van der Waals surface area contributed by atoms with Gasteiger partial charge < -0.3 is 10.1 Å². The Balaban J connectivity index is 2.45. The summed E-state index contributed by atoms with van der Waals surface area (Å²) in [7, 11) is -3.97. The van der Waals surface area contributed by atoms with E-state index in [1.165, 1.54) is 18.2 Å². The lowest BCUT2D eigenvalue weighted by atomic mass is 10.1. The molecule has 7 nitrogen and oxygen atoms in total. The highest BCUT2D eigenvalue weighted by Gasteiger charge is 2.21. The molecule has 0 aliphatic rings. The summed E-state index contributed by atoms with van der Waals surface area (Å²) in [5.74, 6) is -0.867. The third-order valence-corrected chi connectivity index (χ3v) is 5.98. The summed E-state index contributed by atoms with van der Waals surface area (Å²) in [5, 5.41) is 2.64. The quantitative estimate of drug-likeness (QED) is 0.592. The van der Waals surface area contributed by atoms with Gasteiger partial charge in [0.2, 0.25) is 10.0 Å². The van der Waals surface area contributed by atoms with Crippen LogP contribution in [0.2, 0.25) is 10.0 Å². The van der Waals surface area contributed by atoms with Crippen molar-refractivity contribution in [2.45, 2.75) is 38.1 Å². The van der Waals surface area contributed by atoms with Gasteiger partial charge in [-0.15, -0.1) is 0 Å². The van der Waals surface area contributed by atoms with Gasteiger partial charge in [-0.25, -0.2) is 13.1 Å². The summed E-state index contributed by atoms with van der Waals surface area (Å²) in [4.78, 5) is 23.0. The summed E-state index contributed by atoms with van der Waals surface area (Å²) in [6.45, 7) is 5.12. The van der Waals surface area contributed by atoms with E-state index in [0.29, 0.717) is 0 Å². The summed E-state index contributed by atoms with van der Waals surface area (Å²) in [6.07, 6.45) is -0.242. The highest BCUT2D eigenvalue weighted by atomic mass is 35.5. The van der Waals surface area contributed by atoms with E-state index in [0.717, 1.165) is 0 Å².